The number of aryl methyl sites for hydroxylation is 1. The average Bonchev–Trinajstić information content (AvgIpc) is 2.09. The molecular weight excluding hydrogens is 261 g/mol. The van der Waals surface area contributed by atoms with Crippen molar-refractivity contribution in [2.75, 3.05) is 0 Å². The number of pyridine rings is 1. The highest BCUT2D eigenvalue weighted by molar-refractivity contribution is 14.1. The van der Waals surface area contributed by atoms with Gasteiger partial charge in [0, 0.05) is 0 Å². The standard InChI is InChI=1S/C10H10IN/c1-4-8-6-7(3)10(11)12-9(8)5-2/h4-6H,1-2H2,3H3. The topological polar surface area (TPSA) is 12.9 Å². The maximum Gasteiger partial charge on any atom is 0.105 e. The summed E-state index contributed by atoms with van der Waals surface area (Å²) in [7, 11) is 0. The van der Waals surface area contributed by atoms with Gasteiger partial charge in [0.15, 0.2) is 0 Å². The molecule has 1 nitrogen and oxygen atoms in total. The molecule has 0 aliphatic heterocycles. The number of halogens is 1. The van der Waals surface area contributed by atoms with Gasteiger partial charge in [-0.1, -0.05) is 19.2 Å². The first kappa shape index (κ1) is 9.45. The molecule has 0 radical (unpaired) electrons. The molecule has 0 spiro atoms. The Kier molecular flexibility index (Phi) is 3.03. The molecule has 62 valence electrons. The molecule has 0 aliphatic rings. The van der Waals surface area contributed by atoms with Crippen molar-refractivity contribution in [1.82, 2.24) is 4.98 Å². The first-order valence-electron chi connectivity index (χ1n) is 3.61. The van der Waals surface area contributed by atoms with Crippen molar-refractivity contribution in [2.45, 2.75) is 6.92 Å². The average molecular weight is 271 g/mol. The van der Waals surface area contributed by atoms with Crippen LogP contribution in [-0.4, -0.2) is 4.98 Å². The Morgan fingerprint density at radius 2 is 2.08 bits per heavy atom. The summed E-state index contributed by atoms with van der Waals surface area (Å²) in [4.78, 5) is 4.36. The summed E-state index contributed by atoms with van der Waals surface area (Å²) >= 11 is 2.21. The van der Waals surface area contributed by atoms with Crippen molar-refractivity contribution in [1.29, 1.82) is 0 Å². The first-order valence-corrected chi connectivity index (χ1v) is 4.69. The monoisotopic (exact) mass is 271 g/mol. The van der Waals surface area contributed by atoms with Crippen LogP contribution in [0.3, 0.4) is 0 Å². The molecule has 0 saturated carbocycles. The second-order valence-electron chi connectivity index (χ2n) is 2.48. The van der Waals surface area contributed by atoms with Crippen LogP contribution in [0.25, 0.3) is 12.2 Å². The number of rotatable bonds is 2. The van der Waals surface area contributed by atoms with Gasteiger partial charge in [-0.05, 0) is 52.8 Å². The van der Waals surface area contributed by atoms with E-state index >= 15 is 0 Å². The number of nitrogens with zero attached hydrogens (tertiary/aromatic N) is 1. The molecule has 0 amide bonds. The third-order valence-electron chi connectivity index (χ3n) is 1.63. The van der Waals surface area contributed by atoms with E-state index < -0.39 is 0 Å². The fraction of sp³-hybridized carbons (Fsp3) is 0.100. The van der Waals surface area contributed by atoms with E-state index in [1.807, 2.05) is 6.92 Å². The molecule has 0 saturated heterocycles. The van der Waals surface area contributed by atoms with Crippen LogP contribution in [-0.2, 0) is 0 Å². The largest absolute Gasteiger partial charge is 0.242 e. The van der Waals surface area contributed by atoms with Crippen LogP contribution < -0.4 is 0 Å². The highest BCUT2D eigenvalue weighted by Crippen LogP contribution is 2.16. The third kappa shape index (κ3) is 1.75. The van der Waals surface area contributed by atoms with E-state index in [4.69, 9.17) is 0 Å². The van der Waals surface area contributed by atoms with Gasteiger partial charge in [0.2, 0.25) is 0 Å². The number of hydrogen-bond acceptors (Lipinski definition) is 1. The van der Waals surface area contributed by atoms with Gasteiger partial charge in [-0.25, -0.2) is 4.98 Å². The summed E-state index contributed by atoms with van der Waals surface area (Å²) in [6.45, 7) is 9.45. The second kappa shape index (κ2) is 3.85. The molecule has 0 bridgehead atoms. The summed E-state index contributed by atoms with van der Waals surface area (Å²) in [5.74, 6) is 0. The minimum absolute atomic E-state index is 0.903. The molecule has 12 heavy (non-hydrogen) atoms. The zero-order valence-electron chi connectivity index (χ0n) is 6.97. The minimum Gasteiger partial charge on any atom is -0.242 e. The fourth-order valence-electron chi connectivity index (χ4n) is 0.952. The van der Waals surface area contributed by atoms with E-state index in [1.54, 1.807) is 12.2 Å². The second-order valence-corrected chi connectivity index (χ2v) is 3.50. The van der Waals surface area contributed by atoms with Gasteiger partial charge in [0.05, 0.1) is 5.69 Å². The smallest absolute Gasteiger partial charge is 0.105 e. The normalized spacial score (nSPS) is 9.50. The van der Waals surface area contributed by atoms with Crippen LogP contribution in [0.2, 0.25) is 0 Å². The molecule has 1 heterocycles. The SMILES string of the molecule is C=Cc1cc(C)c(I)nc1C=C. The van der Waals surface area contributed by atoms with Crippen LogP contribution in [0, 0.1) is 10.6 Å². The predicted octanol–water partition coefficient (Wildman–Crippen LogP) is 3.28. The molecule has 1 aromatic heterocycles. The van der Waals surface area contributed by atoms with E-state index in [1.165, 1.54) is 5.56 Å². The number of aromatic nitrogens is 1. The highest BCUT2D eigenvalue weighted by atomic mass is 127. The van der Waals surface area contributed by atoms with Crippen molar-refractivity contribution >= 4 is 34.7 Å². The molecule has 0 aliphatic carbocycles. The maximum absolute atomic E-state index is 4.36. The minimum atomic E-state index is 0.903. The molecule has 2 heteroatoms. The van der Waals surface area contributed by atoms with Crippen molar-refractivity contribution < 1.29 is 0 Å². The van der Waals surface area contributed by atoms with E-state index in [-0.39, 0.29) is 0 Å². The quantitative estimate of drug-likeness (QED) is 0.594. The van der Waals surface area contributed by atoms with E-state index in [0.29, 0.717) is 0 Å². The van der Waals surface area contributed by atoms with Gasteiger partial charge in [0.25, 0.3) is 0 Å². The lowest BCUT2D eigenvalue weighted by Gasteiger charge is -2.03. The Morgan fingerprint density at radius 1 is 1.42 bits per heavy atom. The van der Waals surface area contributed by atoms with E-state index in [2.05, 4.69) is 46.8 Å². The van der Waals surface area contributed by atoms with Gasteiger partial charge in [0.1, 0.15) is 3.70 Å². The van der Waals surface area contributed by atoms with Crippen molar-refractivity contribution in [2.24, 2.45) is 0 Å². The highest BCUT2D eigenvalue weighted by Gasteiger charge is 2.01. The summed E-state index contributed by atoms with van der Waals surface area (Å²) in [5, 5.41) is 0. The Labute approximate surface area is 86.4 Å². The Balaban J connectivity index is 3.37. The van der Waals surface area contributed by atoms with Crippen LogP contribution in [0.15, 0.2) is 19.2 Å². The molecule has 0 atom stereocenters. The zero-order valence-corrected chi connectivity index (χ0v) is 9.13. The van der Waals surface area contributed by atoms with Crippen LogP contribution in [0.1, 0.15) is 16.8 Å². The van der Waals surface area contributed by atoms with Gasteiger partial charge in [-0.15, -0.1) is 0 Å². The lowest BCUT2D eigenvalue weighted by molar-refractivity contribution is 1.18. The predicted molar refractivity (Wildman–Crippen MR) is 61.9 cm³/mol. The molecule has 0 N–H and O–H groups in total. The molecule has 1 aromatic rings. The summed E-state index contributed by atoms with van der Waals surface area (Å²) in [6, 6.07) is 2.07. The Hall–Kier alpha value is -0.640. The summed E-state index contributed by atoms with van der Waals surface area (Å²) in [6.07, 6.45) is 3.55. The van der Waals surface area contributed by atoms with Crippen LogP contribution in [0.4, 0.5) is 0 Å². The van der Waals surface area contributed by atoms with Gasteiger partial charge >= 0.3 is 0 Å². The van der Waals surface area contributed by atoms with Crippen molar-refractivity contribution in [3.63, 3.8) is 0 Å². The Morgan fingerprint density at radius 3 is 2.58 bits per heavy atom. The fourth-order valence-corrected chi connectivity index (χ4v) is 1.37. The molecule has 0 aromatic carbocycles. The molecule has 0 unspecified atom stereocenters. The molecule has 0 fully saturated rings. The van der Waals surface area contributed by atoms with Crippen LogP contribution in [0.5, 0.6) is 0 Å². The zero-order chi connectivity index (χ0) is 9.14. The lowest BCUT2D eigenvalue weighted by atomic mass is 10.1. The van der Waals surface area contributed by atoms with Crippen LogP contribution >= 0.6 is 22.6 Å². The third-order valence-corrected chi connectivity index (χ3v) is 2.72. The van der Waals surface area contributed by atoms with Crippen molar-refractivity contribution in [3.05, 3.63) is 39.7 Å². The van der Waals surface area contributed by atoms with E-state index in [9.17, 15) is 0 Å². The van der Waals surface area contributed by atoms with Gasteiger partial charge in [-0.3, -0.25) is 0 Å². The Bertz CT molecular complexity index is 296. The summed E-state index contributed by atoms with van der Waals surface area (Å²) in [5.41, 5.74) is 3.12. The summed E-state index contributed by atoms with van der Waals surface area (Å²) < 4.78 is 1.02. The van der Waals surface area contributed by atoms with Gasteiger partial charge < -0.3 is 0 Å². The lowest BCUT2D eigenvalue weighted by Crippen LogP contribution is -1.92. The van der Waals surface area contributed by atoms with Gasteiger partial charge in [-0.2, -0.15) is 0 Å². The van der Waals surface area contributed by atoms with Crippen molar-refractivity contribution in [3.8, 4) is 0 Å². The maximum atomic E-state index is 4.36. The van der Waals surface area contributed by atoms with E-state index in [0.717, 1.165) is 15.0 Å². The number of hydrogen-bond donors (Lipinski definition) is 0. The first-order chi connectivity index (χ1) is 5.69. The molecule has 1 rings (SSSR count). The molecular formula is C10H10IN.